The second-order valence-electron chi connectivity index (χ2n) is 8.54. The molecular weight excluding hydrogens is 446 g/mol. The highest BCUT2D eigenvalue weighted by atomic mass is 32.2. The van der Waals surface area contributed by atoms with E-state index in [0.717, 1.165) is 10.9 Å². The van der Waals surface area contributed by atoms with Crippen molar-refractivity contribution in [2.24, 2.45) is 5.92 Å². The molecule has 1 amide bonds. The minimum absolute atomic E-state index is 0.172. The molecule has 9 nitrogen and oxygen atoms in total. The highest BCUT2D eigenvalue weighted by molar-refractivity contribution is 7.89. The van der Waals surface area contributed by atoms with Gasteiger partial charge >= 0.3 is 5.97 Å². The molecule has 1 aromatic carbocycles. The summed E-state index contributed by atoms with van der Waals surface area (Å²) in [4.78, 5) is 31.3. The summed E-state index contributed by atoms with van der Waals surface area (Å²) in [5, 5.41) is 0.772. The maximum absolute atomic E-state index is 13.3. The van der Waals surface area contributed by atoms with Gasteiger partial charge in [-0.3, -0.25) is 14.6 Å². The molecule has 4 rings (SSSR count). The number of benzene rings is 1. The van der Waals surface area contributed by atoms with E-state index in [1.807, 2.05) is 19.1 Å². The van der Waals surface area contributed by atoms with Crippen molar-refractivity contribution >= 4 is 32.8 Å². The van der Waals surface area contributed by atoms with Gasteiger partial charge < -0.3 is 14.4 Å². The highest BCUT2D eigenvalue weighted by Gasteiger charge is 2.35. The summed E-state index contributed by atoms with van der Waals surface area (Å²) in [6.45, 7) is 5.82. The molecule has 0 radical (unpaired) electrons. The third-order valence-electron chi connectivity index (χ3n) is 6.18. The second kappa shape index (κ2) is 9.74. The van der Waals surface area contributed by atoms with Crippen LogP contribution in [0, 0.1) is 12.8 Å². The maximum atomic E-state index is 13.3. The minimum Gasteiger partial charge on any atom is -0.452 e. The SMILES string of the molecule is Cc1cnc2c(S(=O)(=O)N3CCC(C(=O)O[C@@H](C)C(=O)N4CCOCC4)CC3)cccc2c1. The Morgan fingerprint density at radius 2 is 1.85 bits per heavy atom. The number of rotatable bonds is 5. The van der Waals surface area contributed by atoms with E-state index >= 15 is 0 Å². The fraction of sp³-hybridized carbons (Fsp3) is 0.522. The van der Waals surface area contributed by atoms with Crippen LogP contribution < -0.4 is 0 Å². The van der Waals surface area contributed by atoms with Crippen molar-refractivity contribution in [2.45, 2.75) is 37.7 Å². The Labute approximate surface area is 193 Å². The monoisotopic (exact) mass is 475 g/mol. The molecule has 0 aliphatic carbocycles. The van der Waals surface area contributed by atoms with E-state index in [9.17, 15) is 18.0 Å². The predicted molar refractivity (Wildman–Crippen MR) is 121 cm³/mol. The molecule has 0 spiro atoms. The van der Waals surface area contributed by atoms with Gasteiger partial charge in [-0.2, -0.15) is 4.31 Å². The number of sulfonamides is 1. The van der Waals surface area contributed by atoms with E-state index in [0.29, 0.717) is 44.7 Å². The van der Waals surface area contributed by atoms with Crippen LogP contribution in [0.1, 0.15) is 25.3 Å². The van der Waals surface area contributed by atoms with Gasteiger partial charge in [0.2, 0.25) is 10.0 Å². The fourth-order valence-corrected chi connectivity index (χ4v) is 5.92. The number of morpholine rings is 1. The second-order valence-corrected chi connectivity index (χ2v) is 10.4. The zero-order chi connectivity index (χ0) is 23.6. The van der Waals surface area contributed by atoms with Crippen LogP contribution in [0.5, 0.6) is 0 Å². The number of aromatic nitrogens is 1. The van der Waals surface area contributed by atoms with E-state index in [4.69, 9.17) is 9.47 Å². The predicted octanol–water partition coefficient (Wildman–Crippen LogP) is 1.73. The molecule has 33 heavy (non-hydrogen) atoms. The van der Waals surface area contributed by atoms with Gasteiger partial charge in [-0.1, -0.05) is 12.1 Å². The van der Waals surface area contributed by atoms with Crippen LogP contribution in [-0.4, -0.2) is 80.0 Å². The lowest BCUT2D eigenvalue weighted by Crippen LogP contribution is -2.47. The Balaban J connectivity index is 1.38. The van der Waals surface area contributed by atoms with Crippen LogP contribution >= 0.6 is 0 Å². The van der Waals surface area contributed by atoms with Crippen molar-refractivity contribution < 1.29 is 27.5 Å². The molecule has 2 aliphatic rings. The normalized spacial score (nSPS) is 19.4. The van der Waals surface area contributed by atoms with Gasteiger partial charge in [-0.15, -0.1) is 0 Å². The molecule has 0 saturated carbocycles. The average Bonchev–Trinajstić information content (AvgIpc) is 2.83. The molecule has 0 unspecified atom stereocenters. The van der Waals surface area contributed by atoms with Gasteiger partial charge in [0, 0.05) is 37.8 Å². The summed E-state index contributed by atoms with van der Waals surface area (Å²) in [6.07, 6.45) is 1.47. The number of hydrogen-bond donors (Lipinski definition) is 0. The lowest BCUT2D eigenvalue weighted by molar-refractivity contribution is -0.164. The highest BCUT2D eigenvalue weighted by Crippen LogP contribution is 2.29. The first-order valence-electron chi connectivity index (χ1n) is 11.2. The number of esters is 1. The summed E-state index contributed by atoms with van der Waals surface area (Å²) < 4.78 is 38.7. The summed E-state index contributed by atoms with van der Waals surface area (Å²) >= 11 is 0. The number of aryl methyl sites for hydroxylation is 1. The van der Waals surface area contributed by atoms with Gasteiger partial charge in [0.1, 0.15) is 4.90 Å². The van der Waals surface area contributed by atoms with E-state index in [1.165, 1.54) is 4.31 Å². The molecule has 0 N–H and O–H groups in total. The Morgan fingerprint density at radius 1 is 1.15 bits per heavy atom. The third-order valence-corrected chi connectivity index (χ3v) is 8.11. The van der Waals surface area contributed by atoms with Crippen molar-refractivity contribution in [1.29, 1.82) is 0 Å². The van der Waals surface area contributed by atoms with Crippen molar-refractivity contribution in [1.82, 2.24) is 14.2 Å². The zero-order valence-electron chi connectivity index (χ0n) is 18.9. The first-order valence-corrected chi connectivity index (χ1v) is 12.6. The molecule has 2 aliphatic heterocycles. The number of ether oxygens (including phenoxy) is 2. The molecule has 2 fully saturated rings. The Kier molecular flexibility index (Phi) is 6.96. The first kappa shape index (κ1) is 23.6. The molecule has 3 heterocycles. The fourth-order valence-electron chi connectivity index (χ4n) is 4.28. The van der Waals surface area contributed by atoms with Crippen molar-refractivity contribution in [3.05, 3.63) is 36.0 Å². The number of nitrogens with zero attached hydrogens (tertiary/aromatic N) is 3. The number of amides is 1. The van der Waals surface area contributed by atoms with Gasteiger partial charge in [0.15, 0.2) is 6.10 Å². The van der Waals surface area contributed by atoms with Crippen LogP contribution in [0.4, 0.5) is 0 Å². The summed E-state index contributed by atoms with van der Waals surface area (Å²) in [6, 6.07) is 7.03. The van der Waals surface area contributed by atoms with E-state index in [-0.39, 0.29) is 23.9 Å². The molecule has 10 heteroatoms. The standard InChI is InChI=1S/C23H29N3O6S/c1-16-14-19-4-3-5-20(21(19)24-15-16)33(29,30)26-8-6-18(7-9-26)23(28)32-17(2)22(27)25-10-12-31-13-11-25/h3-5,14-15,17-18H,6-13H2,1-2H3/t17-/m0/s1. The minimum atomic E-state index is -3.76. The number of piperidine rings is 1. The lowest BCUT2D eigenvalue weighted by atomic mass is 9.98. The topological polar surface area (TPSA) is 106 Å². The van der Waals surface area contributed by atoms with Gasteiger partial charge in [0.05, 0.1) is 24.6 Å². The van der Waals surface area contributed by atoms with Gasteiger partial charge in [0.25, 0.3) is 5.91 Å². The van der Waals surface area contributed by atoms with Crippen LogP contribution in [0.15, 0.2) is 35.4 Å². The Bertz CT molecular complexity index is 1140. The molecule has 178 valence electrons. The maximum Gasteiger partial charge on any atom is 0.309 e. The van der Waals surface area contributed by atoms with Crippen molar-refractivity contribution in [3.8, 4) is 0 Å². The van der Waals surface area contributed by atoms with Crippen LogP contribution in [0.2, 0.25) is 0 Å². The van der Waals surface area contributed by atoms with Gasteiger partial charge in [-0.25, -0.2) is 8.42 Å². The largest absolute Gasteiger partial charge is 0.452 e. The average molecular weight is 476 g/mol. The smallest absolute Gasteiger partial charge is 0.309 e. The van der Waals surface area contributed by atoms with Crippen LogP contribution in [-0.2, 0) is 29.1 Å². The molecule has 1 atom stereocenters. The van der Waals surface area contributed by atoms with Crippen LogP contribution in [0.25, 0.3) is 10.9 Å². The third kappa shape index (κ3) is 5.02. The molecular formula is C23H29N3O6S. The van der Waals surface area contributed by atoms with Crippen LogP contribution in [0.3, 0.4) is 0 Å². The number of para-hydroxylation sites is 1. The molecule has 2 saturated heterocycles. The molecule has 1 aromatic heterocycles. The lowest BCUT2D eigenvalue weighted by Gasteiger charge is -2.32. The summed E-state index contributed by atoms with van der Waals surface area (Å²) in [5.41, 5.74) is 1.40. The van der Waals surface area contributed by atoms with Crippen molar-refractivity contribution in [2.75, 3.05) is 39.4 Å². The first-order chi connectivity index (χ1) is 15.8. The number of carbonyl (C=O) groups excluding carboxylic acids is 2. The Hall–Kier alpha value is -2.56. The Morgan fingerprint density at radius 3 is 2.55 bits per heavy atom. The number of carbonyl (C=O) groups is 2. The van der Waals surface area contributed by atoms with Crippen molar-refractivity contribution in [3.63, 3.8) is 0 Å². The van der Waals surface area contributed by atoms with E-state index in [1.54, 1.807) is 30.2 Å². The quantitative estimate of drug-likeness (QED) is 0.607. The number of fused-ring (bicyclic) bond motifs is 1. The molecule has 2 aromatic rings. The van der Waals surface area contributed by atoms with Gasteiger partial charge in [-0.05, 0) is 44.4 Å². The number of pyridine rings is 1. The molecule has 0 bridgehead atoms. The zero-order valence-corrected chi connectivity index (χ0v) is 19.7. The summed E-state index contributed by atoms with van der Waals surface area (Å²) in [5.74, 6) is -1.13. The summed E-state index contributed by atoms with van der Waals surface area (Å²) in [7, 11) is -3.76. The van der Waals surface area contributed by atoms with E-state index < -0.39 is 28.0 Å². The number of hydrogen-bond acceptors (Lipinski definition) is 7. The van der Waals surface area contributed by atoms with E-state index in [2.05, 4.69) is 4.98 Å².